The highest BCUT2D eigenvalue weighted by molar-refractivity contribution is 6.36. The van der Waals surface area contributed by atoms with Gasteiger partial charge in [0.1, 0.15) is 18.2 Å². The standard InChI is InChI=1S/C31H35ClFN7O/c1-37(22-9-15-38(17-22)20-34)29-23-10-16-39(26-6-2-5-21-7-8-24(33)28(32)27(21)26)18-25(23)35-30(36-29)41-19-31-11-3-13-40(31)14-4-12-31/h2,5-8,22H,3-4,9-19H2,1H3/t22-/m1/s1. The van der Waals surface area contributed by atoms with Crippen LogP contribution in [0.25, 0.3) is 10.8 Å². The van der Waals surface area contributed by atoms with Gasteiger partial charge < -0.3 is 19.4 Å². The zero-order chi connectivity index (χ0) is 28.1. The number of nitrogens with zero attached hydrogens (tertiary/aromatic N) is 7. The van der Waals surface area contributed by atoms with E-state index in [2.05, 4.69) is 27.9 Å². The Bertz CT molecular complexity index is 1520. The molecule has 4 aliphatic rings. The summed E-state index contributed by atoms with van der Waals surface area (Å²) in [5.41, 5.74) is 3.04. The van der Waals surface area contributed by atoms with Gasteiger partial charge in [-0.15, -0.1) is 0 Å². The minimum absolute atomic E-state index is 0.0971. The lowest BCUT2D eigenvalue weighted by Gasteiger charge is -2.35. The summed E-state index contributed by atoms with van der Waals surface area (Å²) in [7, 11) is 2.08. The highest BCUT2D eigenvalue weighted by Crippen LogP contribution is 2.40. The molecule has 4 aliphatic heterocycles. The normalized spacial score (nSPS) is 21.7. The number of anilines is 2. The van der Waals surface area contributed by atoms with Crippen molar-refractivity contribution in [2.24, 2.45) is 0 Å². The molecule has 0 spiro atoms. The molecular weight excluding hydrogens is 541 g/mol. The van der Waals surface area contributed by atoms with Crippen molar-refractivity contribution in [1.29, 1.82) is 5.26 Å². The predicted octanol–water partition coefficient (Wildman–Crippen LogP) is 4.98. The number of ether oxygens (including phenoxy) is 1. The van der Waals surface area contributed by atoms with Crippen LogP contribution in [0.4, 0.5) is 15.9 Å². The molecule has 0 N–H and O–H groups in total. The van der Waals surface area contributed by atoms with Gasteiger partial charge in [0.25, 0.3) is 0 Å². The number of benzene rings is 2. The van der Waals surface area contributed by atoms with E-state index in [-0.39, 0.29) is 16.6 Å². The van der Waals surface area contributed by atoms with Gasteiger partial charge >= 0.3 is 6.01 Å². The van der Waals surface area contributed by atoms with Gasteiger partial charge in [0.15, 0.2) is 6.19 Å². The van der Waals surface area contributed by atoms with Crippen LogP contribution < -0.4 is 14.5 Å². The molecule has 0 aliphatic carbocycles. The highest BCUT2D eigenvalue weighted by atomic mass is 35.5. The first-order valence-corrected chi connectivity index (χ1v) is 15.1. The van der Waals surface area contributed by atoms with Crippen molar-refractivity contribution in [1.82, 2.24) is 19.8 Å². The molecule has 0 saturated carbocycles. The SMILES string of the molecule is CN(c1nc(OCC23CCCN2CCC3)nc2c1CCN(c1cccc3ccc(F)c(Cl)c13)C2)[C@@H]1CCN(C#N)C1. The topological polar surface area (TPSA) is 71.8 Å². The molecule has 41 heavy (non-hydrogen) atoms. The first-order chi connectivity index (χ1) is 20.0. The van der Waals surface area contributed by atoms with Gasteiger partial charge in [-0.3, -0.25) is 4.90 Å². The number of fused-ring (bicyclic) bond motifs is 3. The summed E-state index contributed by atoms with van der Waals surface area (Å²) in [5.74, 6) is 0.477. The molecule has 10 heteroatoms. The molecule has 5 heterocycles. The van der Waals surface area contributed by atoms with Gasteiger partial charge in [-0.25, -0.2) is 4.39 Å². The molecule has 1 atom stereocenters. The number of aromatic nitrogens is 2. The third-order valence-electron chi connectivity index (χ3n) is 9.74. The van der Waals surface area contributed by atoms with Gasteiger partial charge in [-0.1, -0.05) is 29.8 Å². The molecule has 0 radical (unpaired) electrons. The fourth-order valence-electron chi connectivity index (χ4n) is 7.49. The van der Waals surface area contributed by atoms with Crippen molar-refractivity contribution in [3.8, 4) is 12.2 Å². The summed E-state index contributed by atoms with van der Waals surface area (Å²) >= 11 is 6.50. The third-order valence-corrected chi connectivity index (χ3v) is 10.1. The summed E-state index contributed by atoms with van der Waals surface area (Å²) in [6, 6.07) is 9.77. The van der Waals surface area contributed by atoms with E-state index in [9.17, 15) is 9.65 Å². The van der Waals surface area contributed by atoms with Crippen molar-refractivity contribution in [2.45, 2.75) is 56.7 Å². The Morgan fingerprint density at radius 3 is 2.76 bits per heavy atom. The number of likely N-dealkylation sites (tertiary alicyclic amines) is 1. The summed E-state index contributed by atoms with van der Waals surface area (Å²) in [4.78, 5) is 18.9. The predicted molar refractivity (Wildman–Crippen MR) is 158 cm³/mol. The molecule has 2 aromatic carbocycles. The van der Waals surface area contributed by atoms with Gasteiger partial charge in [0.05, 0.1) is 28.8 Å². The highest BCUT2D eigenvalue weighted by Gasteiger charge is 2.45. The number of hydrogen-bond donors (Lipinski definition) is 0. The first-order valence-electron chi connectivity index (χ1n) is 14.7. The zero-order valence-electron chi connectivity index (χ0n) is 23.5. The molecule has 3 fully saturated rings. The van der Waals surface area contributed by atoms with Gasteiger partial charge in [-0.05, 0) is 69.1 Å². The van der Waals surface area contributed by atoms with E-state index in [0.717, 1.165) is 85.4 Å². The number of halogens is 2. The molecule has 3 aromatic rings. The second kappa shape index (κ2) is 10.5. The second-order valence-electron chi connectivity index (χ2n) is 12.0. The molecule has 0 bridgehead atoms. The number of hydrogen-bond acceptors (Lipinski definition) is 8. The maximum Gasteiger partial charge on any atom is 0.318 e. The van der Waals surface area contributed by atoms with E-state index in [4.69, 9.17) is 26.3 Å². The fraction of sp³-hybridized carbons (Fsp3) is 0.516. The lowest BCUT2D eigenvalue weighted by Crippen LogP contribution is -2.43. The Morgan fingerprint density at radius 1 is 1.15 bits per heavy atom. The Labute approximate surface area is 245 Å². The van der Waals surface area contributed by atoms with E-state index in [1.165, 1.54) is 18.9 Å². The summed E-state index contributed by atoms with van der Waals surface area (Å²) in [5, 5.41) is 11.2. The summed E-state index contributed by atoms with van der Waals surface area (Å²) < 4.78 is 21.0. The van der Waals surface area contributed by atoms with Crippen LogP contribution in [0.2, 0.25) is 5.02 Å². The first kappa shape index (κ1) is 26.5. The van der Waals surface area contributed by atoms with Crippen LogP contribution in [0, 0.1) is 17.3 Å². The van der Waals surface area contributed by atoms with Crippen LogP contribution in [0.5, 0.6) is 6.01 Å². The van der Waals surface area contributed by atoms with E-state index in [1.807, 2.05) is 23.1 Å². The summed E-state index contributed by atoms with van der Waals surface area (Å²) in [6.45, 7) is 5.61. The van der Waals surface area contributed by atoms with Crippen LogP contribution in [0.3, 0.4) is 0 Å². The van der Waals surface area contributed by atoms with Crippen LogP contribution >= 0.6 is 11.6 Å². The molecule has 3 saturated heterocycles. The quantitative estimate of drug-likeness (QED) is 0.381. The van der Waals surface area contributed by atoms with E-state index in [0.29, 0.717) is 25.7 Å². The van der Waals surface area contributed by atoms with Crippen molar-refractivity contribution < 1.29 is 9.13 Å². The Balaban J connectivity index is 1.23. The van der Waals surface area contributed by atoms with Gasteiger partial charge in [0.2, 0.25) is 0 Å². The minimum atomic E-state index is -0.416. The maximum atomic E-state index is 14.5. The van der Waals surface area contributed by atoms with Crippen LogP contribution in [0.1, 0.15) is 43.4 Å². The van der Waals surface area contributed by atoms with E-state index >= 15 is 0 Å². The van der Waals surface area contributed by atoms with Crippen molar-refractivity contribution in [3.05, 3.63) is 52.4 Å². The van der Waals surface area contributed by atoms with Crippen LogP contribution in [-0.4, -0.2) is 77.7 Å². The monoisotopic (exact) mass is 575 g/mol. The molecular formula is C31H35ClFN7O. The Hall–Kier alpha value is -3.35. The van der Waals surface area contributed by atoms with Crippen molar-refractivity contribution >= 4 is 33.9 Å². The molecule has 0 amide bonds. The average molecular weight is 576 g/mol. The van der Waals surface area contributed by atoms with E-state index < -0.39 is 5.82 Å². The molecule has 214 valence electrons. The molecule has 7 rings (SSSR count). The number of rotatable bonds is 6. The average Bonchev–Trinajstić information content (AvgIpc) is 3.73. The van der Waals surface area contributed by atoms with Crippen molar-refractivity contribution in [2.75, 3.05) is 56.2 Å². The lowest BCUT2D eigenvalue weighted by molar-refractivity contribution is 0.107. The van der Waals surface area contributed by atoms with Crippen LogP contribution in [-0.2, 0) is 13.0 Å². The smallest absolute Gasteiger partial charge is 0.318 e. The minimum Gasteiger partial charge on any atom is -0.461 e. The largest absolute Gasteiger partial charge is 0.461 e. The van der Waals surface area contributed by atoms with Gasteiger partial charge in [-0.2, -0.15) is 15.2 Å². The van der Waals surface area contributed by atoms with Crippen LogP contribution in [0.15, 0.2) is 30.3 Å². The third kappa shape index (κ3) is 4.61. The van der Waals surface area contributed by atoms with Gasteiger partial charge in [0, 0.05) is 43.3 Å². The number of nitriles is 1. The lowest BCUT2D eigenvalue weighted by atomic mass is 9.95. The summed E-state index contributed by atoms with van der Waals surface area (Å²) in [6.07, 6.45) is 8.67. The maximum absolute atomic E-state index is 14.5. The Kier molecular flexibility index (Phi) is 6.79. The molecule has 1 aromatic heterocycles. The van der Waals surface area contributed by atoms with Crippen molar-refractivity contribution in [3.63, 3.8) is 0 Å². The zero-order valence-corrected chi connectivity index (χ0v) is 24.2. The molecule has 0 unspecified atom stereocenters. The number of likely N-dealkylation sites (N-methyl/N-ethyl adjacent to an activating group) is 1. The second-order valence-corrected chi connectivity index (χ2v) is 12.3. The molecule has 8 nitrogen and oxygen atoms in total. The Morgan fingerprint density at radius 2 is 1.98 bits per heavy atom. The van der Waals surface area contributed by atoms with E-state index in [1.54, 1.807) is 6.07 Å². The fourth-order valence-corrected chi connectivity index (χ4v) is 7.76.